The van der Waals surface area contributed by atoms with Crippen molar-refractivity contribution in [2.24, 2.45) is 0 Å². The molecule has 1 aliphatic rings. The van der Waals surface area contributed by atoms with Gasteiger partial charge in [0.05, 0.1) is 17.6 Å². The fraction of sp³-hybridized carbons (Fsp3) is 0.333. The lowest BCUT2D eigenvalue weighted by molar-refractivity contribution is 0.313. The number of pyridine rings is 1. The summed E-state index contributed by atoms with van der Waals surface area (Å²) in [6.07, 6.45) is 3.74. The second kappa shape index (κ2) is 10.4. The Morgan fingerprint density at radius 2 is 1.70 bits per heavy atom. The molecule has 2 aromatic heterocycles. The molecule has 0 atom stereocenters. The van der Waals surface area contributed by atoms with E-state index in [9.17, 15) is 8.42 Å². The summed E-state index contributed by atoms with van der Waals surface area (Å²) in [4.78, 5) is 9.59. The second-order valence-corrected chi connectivity index (χ2v) is 11.6. The van der Waals surface area contributed by atoms with Gasteiger partial charge in [0, 0.05) is 58.1 Å². The number of benzene rings is 2. The number of aromatic nitrogens is 3. The lowest BCUT2D eigenvalue weighted by atomic mass is 10.1. The number of hydrogen-bond donors (Lipinski definition) is 1. The van der Waals surface area contributed by atoms with Gasteiger partial charge in [0.2, 0.25) is 10.0 Å². The maximum atomic E-state index is 12.1. The maximum Gasteiger partial charge on any atom is 0.232 e. The van der Waals surface area contributed by atoms with Crippen LogP contribution in [0.5, 0.6) is 0 Å². The lowest BCUT2D eigenvalue weighted by Gasteiger charge is -2.34. The van der Waals surface area contributed by atoms with Crippen molar-refractivity contribution in [3.8, 4) is 0 Å². The molecule has 4 aromatic rings. The molecular formula is C27H33N7O2S. The summed E-state index contributed by atoms with van der Waals surface area (Å²) in [6.45, 7) is 4.72. The van der Waals surface area contributed by atoms with Crippen LogP contribution >= 0.6 is 0 Å². The molecule has 0 aliphatic carbocycles. The first kappa shape index (κ1) is 25.0. The molecule has 194 valence electrons. The first-order valence-electron chi connectivity index (χ1n) is 12.4. The van der Waals surface area contributed by atoms with Gasteiger partial charge < -0.3 is 15.1 Å². The molecule has 1 N–H and O–H groups in total. The van der Waals surface area contributed by atoms with E-state index < -0.39 is 10.0 Å². The highest BCUT2D eigenvalue weighted by Gasteiger charge is 2.17. The number of nitrogens with one attached hydrogen (secondary N) is 1. The van der Waals surface area contributed by atoms with E-state index in [1.165, 1.54) is 21.8 Å². The van der Waals surface area contributed by atoms with Crippen LogP contribution < -0.4 is 14.5 Å². The highest BCUT2D eigenvalue weighted by atomic mass is 32.2. The van der Waals surface area contributed by atoms with Crippen LogP contribution in [0, 0.1) is 0 Å². The molecule has 0 saturated carbocycles. The number of anilines is 3. The van der Waals surface area contributed by atoms with Crippen LogP contribution in [0.15, 0.2) is 66.9 Å². The van der Waals surface area contributed by atoms with Gasteiger partial charge >= 0.3 is 0 Å². The average Bonchev–Trinajstić information content (AvgIpc) is 3.31. The van der Waals surface area contributed by atoms with E-state index >= 15 is 0 Å². The molecule has 0 unspecified atom stereocenters. The molecule has 1 fully saturated rings. The van der Waals surface area contributed by atoms with Crippen molar-refractivity contribution in [3.63, 3.8) is 0 Å². The van der Waals surface area contributed by atoms with Crippen LogP contribution in [-0.4, -0.2) is 74.4 Å². The van der Waals surface area contributed by atoms with Gasteiger partial charge in [-0.25, -0.2) is 17.9 Å². The van der Waals surface area contributed by atoms with Crippen LogP contribution in [-0.2, 0) is 23.0 Å². The summed E-state index contributed by atoms with van der Waals surface area (Å²) < 4.78 is 27.2. The Morgan fingerprint density at radius 1 is 0.973 bits per heavy atom. The van der Waals surface area contributed by atoms with Gasteiger partial charge in [0.25, 0.3) is 0 Å². The molecular weight excluding hydrogens is 486 g/mol. The van der Waals surface area contributed by atoms with Crippen molar-refractivity contribution in [2.45, 2.75) is 13.0 Å². The van der Waals surface area contributed by atoms with Gasteiger partial charge in [-0.3, -0.25) is 4.31 Å². The second-order valence-electron chi connectivity index (χ2n) is 9.56. The van der Waals surface area contributed by atoms with Crippen molar-refractivity contribution in [1.82, 2.24) is 19.5 Å². The van der Waals surface area contributed by atoms with Crippen molar-refractivity contribution in [2.75, 3.05) is 61.1 Å². The molecule has 1 aliphatic heterocycles. The van der Waals surface area contributed by atoms with Crippen LogP contribution in [0.3, 0.4) is 0 Å². The Bertz CT molecular complexity index is 1480. The number of likely N-dealkylation sites (N-methyl/N-ethyl adjacent to an activating group) is 1. The van der Waals surface area contributed by atoms with Gasteiger partial charge in [-0.05, 0) is 48.5 Å². The Labute approximate surface area is 218 Å². The number of nitrogens with zero attached hydrogens (tertiary/aromatic N) is 6. The Morgan fingerprint density at radius 3 is 2.43 bits per heavy atom. The van der Waals surface area contributed by atoms with Crippen molar-refractivity contribution >= 4 is 32.7 Å². The number of hydrogen-bond acceptors (Lipinski definition) is 7. The fourth-order valence-corrected chi connectivity index (χ4v) is 5.11. The van der Waals surface area contributed by atoms with Crippen molar-refractivity contribution < 1.29 is 8.42 Å². The normalized spacial score (nSPS) is 14.7. The molecule has 5 rings (SSSR count). The van der Waals surface area contributed by atoms with Crippen LogP contribution in [0.25, 0.3) is 5.65 Å². The molecule has 10 heteroatoms. The molecule has 37 heavy (non-hydrogen) atoms. The van der Waals surface area contributed by atoms with Crippen molar-refractivity contribution in [1.29, 1.82) is 0 Å². The largest absolute Gasteiger partial charge is 0.378 e. The van der Waals surface area contributed by atoms with Gasteiger partial charge in [-0.15, -0.1) is 0 Å². The number of fused-ring (bicyclic) bond motifs is 1. The summed E-state index contributed by atoms with van der Waals surface area (Å²) >= 11 is 0. The maximum absolute atomic E-state index is 12.1. The summed E-state index contributed by atoms with van der Waals surface area (Å²) in [7, 11) is 0.374. The zero-order valence-corrected chi connectivity index (χ0v) is 22.3. The van der Waals surface area contributed by atoms with E-state index in [-0.39, 0.29) is 0 Å². The minimum atomic E-state index is -3.36. The summed E-state index contributed by atoms with van der Waals surface area (Å²) in [6, 6.07) is 20.1. The number of sulfonamides is 1. The number of para-hydroxylation sites is 1. The molecule has 2 aromatic carbocycles. The molecule has 0 spiro atoms. The third-order valence-corrected chi connectivity index (χ3v) is 8.06. The third-order valence-electron chi connectivity index (χ3n) is 6.87. The van der Waals surface area contributed by atoms with E-state index in [0.717, 1.165) is 48.9 Å². The predicted molar refractivity (Wildman–Crippen MR) is 149 cm³/mol. The zero-order chi connectivity index (χ0) is 26.0. The van der Waals surface area contributed by atoms with Gasteiger partial charge in [-0.1, -0.05) is 30.3 Å². The fourth-order valence-electron chi connectivity index (χ4n) is 4.57. The summed E-state index contributed by atoms with van der Waals surface area (Å²) in [5.41, 5.74) is 5.52. The van der Waals surface area contributed by atoms with E-state index in [1.807, 2.05) is 42.6 Å². The monoisotopic (exact) mass is 519 g/mol. The molecule has 0 radical (unpaired) electrons. The first-order valence-corrected chi connectivity index (χ1v) is 14.2. The third kappa shape index (κ3) is 5.70. The lowest BCUT2D eigenvalue weighted by Crippen LogP contribution is -2.44. The zero-order valence-electron chi connectivity index (χ0n) is 21.5. The highest BCUT2D eigenvalue weighted by Crippen LogP contribution is 2.24. The molecule has 3 heterocycles. The Kier molecular flexibility index (Phi) is 7.03. The Balaban J connectivity index is 1.30. The van der Waals surface area contributed by atoms with Crippen LogP contribution in [0.1, 0.15) is 17.0 Å². The molecule has 0 bridgehead atoms. The van der Waals surface area contributed by atoms with E-state index in [2.05, 4.69) is 51.5 Å². The number of piperazine rings is 1. The molecule has 0 amide bonds. The average molecular weight is 520 g/mol. The molecule has 9 nitrogen and oxygen atoms in total. The van der Waals surface area contributed by atoms with Crippen LogP contribution in [0.4, 0.5) is 17.1 Å². The number of rotatable bonds is 8. The Hall–Kier alpha value is -3.63. The minimum absolute atomic E-state index is 0.450. The standard InChI is InChI=1S/C27H33N7O2S/c1-31-15-17-33(18-16-31)23-12-10-21(11-13-23)19-26-29-27-24(8-6-14-34(27)30-26)28-20-22-7-4-5-9-25(22)32(2)37(3,35)36/h4-14,28H,15-20H2,1-3H3. The first-order chi connectivity index (χ1) is 17.8. The predicted octanol–water partition coefficient (Wildman–Crippen LogP) is 3.08. The quantitative estimate of drug-likeness (QED) is 0.383. The van der Waals surface area contributed by atoms with Crippen molar-refractivity contribution in [3.05, 3.63) is 83.8 Å². The summed E-state index contributed by atoms with van der Waals surface area (Å²) in [5, 5.41) is 8.11. The van der Waals surface area contributed by atoms with Gasteiger partial charge in [0.1, 0.15) is 0 Å². The van der Waals surface area contributed by atoms with Gasteiger partial charge in [0.15, 0.2) is 11.5 Å². The van der Waals surface area contributed by atoms with Gasteiger partial charge in [-0.2, -0.15) is 5.10 Å². The SMILES string of the molecule is CN1CCN(c2ccc(Cc3nc4c(NCc5ccccc5N(C)S(C)(=O)=O)cccn4n3)cc2)CC1. The summed E-state index contributed by atoms with van der Waals surface area (Å²) in [5.74, 6) is 0.749. The van der Waals surface area contributed by atoms with E-state index in [0.29, 0.717) is 18.7 Å². The van der Waals surface area contributed by atoms with E-state index in [4.69, 9.17) is 4.98 Å². The molecule has 1 saturated heterocycles. The van der Waals surface area contributed by atoms with Crippen LogP contribution in [0.2, 0.25) is 0 Å². The van der Waals surface area contributed by atoms with E-state index in [1.54, 1.807) is 11.6 Å². The highest BCUT2D eigenvalue weighted by molar-refractivity contribution is 7.92. The smallest absolute Gasteiger partial charge is 0.232 e. The topological polar surface area (TPSA) is 86.1 Å². The minimum Gasteiger partial charge on any atom is -0.378 e.